The monoisotopic (exact) mass is 315 g/mol. The highest BCUT2D eigenvalue weighted by Crippen LogP contribution is 2.64. The molecule has 0 aliphatic heterocycles. The van der Waals surface area contributed by atoms with Gasteiger partial charge < -0.3 is 0 Å². The molecule has 2 rings (SSSR count). The first-order chi connectivity index (χ1) is 10.6. The fourth-order valence-corrected chi connectivity index (χ4v) is 7.44. The lowest BCUT2D eigenvalue weighted by Crippen LogP contribution is -2.39. The first-order valence-electron chi connectivity index (χ1n) is 8.06. The van der Waals surface area contributed by atoms with Crippen molar-refractivity contribution in [3.05, 3.63) is 66.2 Å². The Morgan fingerprint density at radius 3 is 1.73 bits per heavy atom. The summed E-state index contributed by atoms with van der Waals surface area (Å²) in [5.41, 5.74) is 1.42. The molecule has 0 aliphatic rings. The normalized spacial score (nSPS) is 14.3. The lowest BCUT2D eigenvalue weighted by molar-refractivity contribution is 0.456. The maximum Gasteiger partial charge on any atom is 0.189 e. The van der Waals surface area contributed by atoms with Crippen LogP contribution in [0.3, 0.4) is 0 Å². The Kier molecular flexibility index (Phi) is 6.14. The van der Waals surface area contributed by atoms with Crippen molar-refractivity contribution < 1.29 is 0 Å². The van der Waals surface area contributed by atoms with Crippen molar-refractivity contribution in [2.75, 3.05) is 27.2 Å². The third-order valence-corrected chi connectivity index (χ3v) is 9.03. The average molecular weight is 315 g/mol. The Morgan fingerprint density at radius 1 is 0.773 bits per heavy atom. The molecule has 0 radical (unpaired) electrons. The molecule has 0 aliphatic carbocycles. The second-order valence-electron chi connectivity index (χ2n) is 5.70. The van der Waals surface area contributed by atoms with E-state index in [4.69, 9.17) is 0 Å². The van der Waals surface area contributed by atoms with E-state index in [-0.39, 0.29) is 0 Å². The van der Waals surface area contributed by atoms with Gasteiger partial charge in [-0.1, -0.05) is 48.5 Å². The van der Waals surface area contributed by atoms with E-state index >= 15 is 0 Å². The number of hydrogen-bond donors (Lipinski definition) is 0. The van der Waals surface area contributed by atoms with Gasteiger partial charge in [0.15, 0.2) is 7.56 Å². The number of rotatable bonds is 7. The Balaban J connectivity index is 2.55. The summed E-state index contributed by atoms with van der Waals surface area (Å²) in [6, 6.07) is 21.9. The van der Waals surface area contributed by atoms with Gasteiger partial charge in [-0.2, -0.15) is 9.34 Å². The predicted molar refractivity (Wildman–Crippen MR) is 99.8 cm³/mol. The van der Waals surface area contributed by atoms with Crippen molar-refractivity contribution in [3.8, 4) is 0 Å². The van der Waals surface area contributed by atoms with Crippen molar-refractivity contribution in [1.29, 1.82) is 0 Å². The first kappa shape index (κ1) is 17.1. The summed E-state index contributed by atoms with van der Waals surface area (Å²) in [5, 5.41) is 1.47. The summed E-state index contributed by atoms with van der Waals surface area (Å²) in [4.78, 5) is 0. The Morgan fingerprint density at radius 2 is 1.27 bits per heavy atom. The van der Waals surface area contributed by atoms with Crippen LogP contribution in [0.1, 0.15) is 19.4 Å². The average Bonchev–Trinajstić information content (AvgIpc) is 2.56. The van der Waals surface area contributed by atoms with E-state index in [1.165, 1.54) is 10.9 Å². The summed E-state index contributed by atoms with van der Waals surface area (Å²) in [7, 11) is 2.89. The van der Waals surface area contributed by atoms with E-state index in [0.29, 0.717) is 0 Å². The molecule has 0 spiro atoms. The van der Waals surface area contributed by atoms with Crippen LogP contribution in [0, 0.1) is 0 Å². The molecule has 0 saturated carbocycles. The van der Waals surface area contributed by atoms with E-state index in [1.54, 1.807) is 0 Å². The summed E-state index contributed by atoms with van der Waals surface area (Å²) in [6.07, 6.45) is 1.09. The molecule has 0 fully saturated rings. The molecule has 0 heterocycles. The minimum atomic E-state index is -1.59. The molecule has 0 bridgehead atoms. The Bertz CT molecular complexity index is 552. The third kappa shape index (κ3) is 3.41. The Hall–Kier alpha value is -1.21. The first-order valence-corrected chi connectivity index (χ1v) is 9.94. The van der Waals surface area contributed by atoms with Crippen LogP contribution in [0.15, 0.2) is 60.7 Å². The zero-order valence-corrected chi connectivity index (χ0v) is 15.1. The molecule has 22 heavy (non-hydrogen) atoms. The third-order valence-electron chi connectivity index (χ3n) is 4.28. The van der Waals surface area contributed by atoms with Gasteiger partial charge in [0.25, 0.3) is 0 Å². The lowest BCUT2D eigenvalue weighted by Gasteiger charge is -2.39. The van der Waals surface area contributed by atoms with Crippen LogP contribution in [0.4, 0.5) is 0 Å². The van der Waals surface area contributed by atoms with Crippen molar-refractivity contribution in [1.82, 2.24) is 9.34 Å². The van der Waals surface area contributed by atoms with Gasteiger partial charge in [-0.15, -0.1) is 0 Å². The van der Waals surface area contributed by atoms with Gasteiger partial charge in [-0.05, 0) is 31.5 Å². The van der Waals surface area contributed by atoms with Gasteiger partial charge in [-0.25, -0.2) is 0 Å². The van der Waals surface area contributed by atoms with Crippen LogP contribution in [-0.2, 0) is 6.16 Å². The summed E-state index contributed by atoms with van der Waals surface area (Å²) in [6.45, 7) is 6.69. The maximum absolute atomic E-state index is 2.66. The molecule has 0 aromatic heterocycles. The fourth-order valence-electron chi connectivity index (χ4n) is 3.18. The SMILES string of the molecule is CCN(CC)[P+](Cc1ccccc1)(c1ccccc1)N(C)C. The van der Waals surface area contributed by atoms with Gasteiger partial charge in [-0.3, -0.25) is 0 Å². The van der Waals surface area contributed by atoms with Crippen LogP contribution < -0.4 is 5.30 Å². The van der Waals surface area contributed by atoms with Crippen molar-refractivity contribution in [2.24, 2.45) is 0 Å². The molecular weight excluding hydrogens is 287 g/mol. The van der Waals surface area contributed by atoms with E-state index < -0.39 is 7.56 Å². The number of nitrogens with zero attached hydrogens (tertiary/aromatic N) is 2. The second-order valence-corrected chi connectivity index (χ2v) is 9.35. The predicted octanol–water partition coefficient (Wildman–Crippen LogP) is 4.26. The molecule has 1 atom stereocenters. The van der Waals surface area contributed by atoms with Crippen LogP contribution in [0.25, 0.3) is 0 Å². The van der Waals surface area contributed by atoms with Crippen molar-refractivity contribution in [3.63, 3.8) is 0 Å². The van der Waals surface area contributed by atoms with E-state index in [9.17, 15) is 0 Å². The molecule has 0 saturated heterocycles. The van der Waals surface area contributed by atoms with E-state index in [1.807, 2.05) is 0 Å². The number of hydrogen-bond acceptors (Lipinski definition) is 2. The topological polar surface area (TPSA) is 6.48 Å². The maximum atomic E-state index is 2.66. The van der Waals surface area contributed by atoms with Crippen molar-refractivity contribution in [2.45, 2.75) is 20.0 Å². The zero-order chi connectivity index (χ0) is 16.0. The van der Waals surface area contributed by atoms with Crippen molar-refractivity contribution >= 4 is 12.9 Å². The summed E-state index contributed by atoms with van der Waals surface area (Å²) in [5.74, 6) is 0. The van der Waals surface area contributed by atoms with Gasteiger partial charge >= 0.3 is 0 Å². The molecule has 2 nitrogen and oxygen atoms in total. The van der Waals surface area contributed by atoms with Crippen LogP contribution >= 0.6 is 7.56 Å². The highest BCUT2D eigenvalue weighted by molar-refractivity contribution is 7.77. The summed E-state index contributed by atoms with van der Waals surface area (Å²) < 4.78 is 5.14. The van der Waals surface area contributed by atoms with Gasteiger partial charge in [0.05, 0.1) is 0 Å². The Labute approximate surface area is 136 Å². The van der Waals surface area contributed by atoms with Crippen LogP contribution in [-0.4, -0.2) is 36.5 Å². The van der Waals surface area contributed by atoms with Gasteiger partial charge in [0, 0.05) is 27.2 Å². The highest BCUT2D eigenvalue weighted by Gasteiger charge is 2.48. The van der Waals surface area contributed by atoms with Gasteiger partial charge in [0.2, 0.25) is 0 Å². The van der Waals surface area contributed by atoms with E-state index in [2.05, 4.69) is 97.9 Å². The zero-order valence-electron chi connectivity index (χ0n) is 14.2. The van der Waals surface area contributed by atoms with Crippen LogP contribution in [0.5, 0.6) is 0 Å². The molecule has 118 valence electrons. The fraction of sp³-hybridized carbons (Fsp3) is 0.368. The highest BCUT2D eigenvalue weighted by atomic mass is 31.2. The molecule has 2 aromatic rings. The molecule has 0 amide bonds. The molecule has 1 unspecified atom stereocenters. The summed E-state index contributed by atoms with van der Waals surface area (Å²) >= 11 is 0. The van der Waals surface area contributed by atoms with E-state index in [0.717, 1.165) is 19.3 Å². The minimum Gasteiger partial charge on any atom is -0.165 e. The lowest BCUT2D eigenvalue weighted by atomic mass is 10.2. The molecule has 0 N–H and O–H groups in total. The van der Waals surface area contributed by atoms with Gasteiger partial charge in [0.1, 0.15) is 11.5 Å². The molecule has 3 heteroatoms. The standard InChI is InChI=1S/C19H28N2P/c1-5-21(6-2)22(20(3)4,19-15-11-8-12-16-19)17-18-13-9-7-10-14-18/h7-16H,5-6,17H2,1-4H3/q+1. The smallest absolute Gasteiger partial charge is 0.165 e. The second kappa shape index (κ2) is 7.87. The minimum absolute atomic E-state index is 1.07. The molecule has 2 aromatic carbocycles. The number of benzene rings is 2. The molecular formula is C19H28N2P+. The quantitative estimate of drug-likeness (QED) is 0.704. The largest absolute Gasteiger partial charge is 0.189 e. The van der Waals surface area contributed by atoms with Crippen LogP contribution in [0.2, 0.25) is 0 Å².